The Labute approximate surface area is 118 Å². The van der Waals surface area contributed by atoms with Gasteiger partial charge < -0.3 is 5.32 Å². The zero-order valence-corrected chi connectivity index (χ0v) is 11.8. The number of carbonyl (C=O) groups excluding carboxylic acids is 1. The summed E-state index contributed by atoms with van der Waals surface area (Å²) in [6.07, 6.45) is 2.38. The Morgan fingerprint density at radius 3 is 2.84 bits per heavy atom. The maximum atomic E-state index is 12.3. The monoisotopic (exact) mass is 277 g/mol. The van der Waals surface area contributed by atoms with E-state index in [0.717, 1.165) is 0 Å². The van der Waals surface area contributed by atoms with Crippen LogP contribution in [0.25, 0.3) is 0 Å². The van der Waals surface area contributed by atoms with Crippen LogP contribution in [0.4, 0.5) is 0 Å². The highest BCUT2D eigenvalue weighted by molar-refractivity contribution is 6.30. The first-order chi connectivity index (χ1) is 9.15. The SMILES string of the molecule is CC1C(NC(=O)c2[c]ccc(Cl)c2)C2CCN1CC2. The predicted molar refractivity (Wildman–Crippen MR) is 75.3 cm³/mol. The van der Waals surface area contributed by atoms with Gasteiger partial charge >= 0.3 is 0 Å². The second-order valence-electron chi connectivity index (χ2n) is 5.53. The molecular formula is C15H18ClN2O. The number of hydrogen-bond donors (Lipinski definition) is 1. The summed E-state index contributed by atoms with van der Waals surface area (Å²) < 4.78 is 0. The Morgan fingerprint density at radius 2 is 2.21 bits per heavy atom. The molecule has 0 spiro atoms. The van der Waals surface area contributed by atoms with Crippen molar-refractivity contribution in [2.75, 3.05) is 13.1 Å². The minimum Gasteiger partial charge on any atom is -0.347 e. The Morgan fingerprint density at radius 1 is 1.47 bits per heavy atom. The lowest BCUT2D eigenvalue weighted by Crippen LogP contribution is -2.62. The molecule has 1 radical (unpaired) electrons. The van der Waals surface area contributed by atoms with Gasteiger partial charge in [0.25, 0.3) is 5.91 Å². The summed E-state index contributed by atoms with van der Waals surface area (Å²) in [6.45, 7) is 4.54. The maximum absolute atomic E-state index is 12.3. The average Bonchev–Trinajstić information content (AvgIpc) is 2.43. The van der Waals surface area contributed by atoms with E-state index in [4.69, 9.17) is 11.6 Å². The molecule has 0 aliphatic carbocycles. The first-order valence-electron chi connectivity index (χ1n) is 6.87. The number of halogens is 1. The third-order valence-corrected chi connectivity index (χ3v) is 4.72. The molecule has 1 aromatic carbocycles. The van der Waals surface area contributed by atoms with Gasteiger partial charge in [-0.1, -0.05) is 17.7 Å². The number of hydrogen-bond acceptors (Lipinski definition) is 2. The number of amides is 1. The standard InChI is InChI=1S/C15H18ClN2O/c1-10-14(11-5-7-18(10)8-6-11)17-15(19)12-3-2-4-13(16)9-12/h2,4,9-11,14H,5-8H2,1H3,(H,17,19). The summed E-state index contributed by atoms with van der Waals surface area (Å²) in [6, 6.07) is 8.72. The Balaban J connectivity index is 1.73. The molecule has 3 nitrogen and oxygen atoms in total. The summed E-state index contributed by atoms with van der Waals surface area (Å²) in [5.74, 6) is 0.552. The Bertz CT molecular complexity index is 481. The number of nitrogens with zero attached hydrogens (tertiary/aromatic N) is 1. The van der Waals surface area contributed by atoms with Gasteiger partial charge in [0.2, 0.25) is 0 Å². The van der Waals surface area contributed by atoms with Crippen LogP contribution in [0.1, 0.15) is 30.1 Å². The predicted octanol–water partition coefficient (Wildman–Crippen LogP) is 2.35. The van der Waals surface area contributed by atoms with Crippen molar-refractivity contribution < 1.29 is 4.79 Å². The molecule has 1 N–H and O–H groups in total. The van der Waals surface area contributed by atoms with Gasteiger partial charge in [-0.2, -0.15) is 0 Å². The van der Waals surface area contributed by atoms with E-state index in [1.807, 2.05) is 0 Å². The molecule has 2 atom stereocenters. The van der Waals surface area contributed by atoms with E-state index in [0.29, 0.717) is 22.5 Å². The van der Waals surface area contributed by atoms with Crippen molar-refractivity contribution in [1.82, 2.24) is 10.2 Å². The minimum atomic E-state index is -0.0619. The van der Waals surface area contributed by atoms with E-state index in [9.17, 15) is 4.79 Å². The van der Waals surface area contributed by atoms with E-state index in [2.05, 4.69) is 23.2 Å². The Hall–Kier alpha value is -1.06. The first-order valence-corrected chi connectivity index (χ1v) is 7.25. The lowest BCUT2D eigenvalue weighted by atomic mass is 9.79. The van der Waals surface area contributed by atoms with Gasteiger partial charge in [-0.15, -0.1) is 0 Å². The highest BCUT2D eigenvalue weighted by atomic mass is 35.5. The molecule has 4 heteroatoms. The second kappa shape index (κ2) is 5.14. The third-order valence-electron chi connectivity index (χ3n) is 4.48. The molecule has 101 valence electrons. The zero-order valence-electron chi connectivity index (χ0n) is 11.0. The summed E-state index contributed by atoms with van der Waals surface area (Å²) in [5.41, 5.74) is 0.524. The van der Waals surface area contributed by atoms with E-state index in [-0.39, 0.29) is 11.9 Å². The van der Waals surface area contributed by atoms with Gasteiger partial charge in [0, 0.05) is 22.7 Å². The van der Waals surface area contributed by atoms with Crippen LogP contribution in [0.15, 0.2) is 18.2 Å². The van der Waals surface area contributed by atoms with Crippen molar-refractivity contribution in [3.63, 3.8) is 0 Å². The van der Waals surface area contributed by atoms with Crippen molar-refractivity contribution >= 4 is 17.5 Å². The lowest BCUT2D eigenvalue weighted by Gasteiger charge is -2.49. The fraction of sp³-hybridized carbons (Fsp3) is 0.533. The fourth-order valence-electron chi connectivity index (χ4n) is 3.34. The highest BCUT2D eigenvalue weighted by Crippen LogP contribution is 2.32. The number of fused-ring (bicyclic) bond motifs is 3. The van der Waals surface area contributed by atoms with Gasteiger partial charge in [0.1, 0.15) is 0 Å². The lowest BCUT2D eigenvalue weighted by molar-refractivity contribution is 0.0217. The summed E-state index contributed by atoms with van der Waals surface area (Å²) in [5, 5.41) is 3.75. The van der Waals surface area contributed by atoms with Crippen LogP contribution in [-0.4, -0.2) is 36.0 Å². The van der Waals surface area contributed by atoms with Crippen molar-refractivity contribution in [2.45, 2.75) is 31.8 Å². The molecule has 3 fully saturated rings. The molecular weight excluding hydrogens is 260 g/mol. The highest BCUT2D eigenvalue weighted by Gasteiger charge is 2.40. The maximum Gasteiger partial charge on any atom is 0.252 e. The Kier molecular flexibility index (Phi) is 3.50. The number of piperidine rings is 3. The quantitative estimate of drug-likeness (QED) is 0.900. The molecule has 2 unspecified atom stereocenters. The van der Waals surface area contributed by atoms with Gasteiger partial charge in [-0.3, -0.25) is 9.69 Å². The number of benzene rings is 1. The zero-order chi connectivity index (χ0) is 13.4. The van der Waals surface area contributed by atoms with Crippen molar-refractivity contribution in [3.8, 4) is 0 Å². The molecule has 1 aromatic rings. The molecule has 4 rings (SSSR count). The topological polar surface area (TPSA) is 32.3 Å². The van der Waals surface area contributed by atoms with Gasteiger partial charge in [-0.25, -0.2) is 0 Å². The largest absolute Gasteiger partial charge is 0.347 e. The number of carbonyl (C=O) groups is 1. The molecule has 1 amide bonds. The third kappa shape index (κ3) is 2.49. The van der Waals surface area contributed by atoms with E-state index >= 15 is 0 Å². The van der Waals surface area contributed by atoms with Crippen LogP contribution in [0, 0.1) is 12.0 Å². The summed E-state index contributed by atoms with van der Waals surface area (Å²) in [7, 11) is 0. The van der Waals surface area contributed by atoms with Gasteiger partial charge in [0.05, 0.1) is 0 Å². The molecule has 19 heavy (non-hydrogen) atoms. The summed E-state index contributed by atoms with van der Waals surface area (Å²) in [4.78, 5) is 14.7. The molecule has 3 heterocycles. The first kappa shape index (κ1) is 12.9. The number of nitrogens with one attached hydrogen (secondary N) is 1. The van der Waals surface area contributed by atoms with Crippen molar-refractivity contribution in [2.24, 2.45) is 5.92 Å². The molecule has 0 saturated carbocycles. The average molecular weight is 278 g/mol. The molecule has 3 aliphatic heterocycles. The van der Waals surface area contributed by atoms with E-state index in [1.54, 1.807) is 18.2 Å². The minimum absolute atomic E-state index is 0.0619. The van der Waals surface area contributed by atoms with Crippen molar-refractivity contribution in [3.05, 3.63) is 34.9 Å². The van der Waals surface area contributed by atoms with Crippen LogP contribution >= 0.6 is 11.6 Å². The molecule has 3 aliphatic rings. The van der Waals surface area contributed by atoms with Gasteiger partial charge in [-0.05, 0) is 57.0 Å². The van der Waals surface area contributed by atoms with E-state index in [1.165, 1.54) is 25.9 Å². The molecule has 2 bridgehead atoms. The van der Waals surface area contributed by atoms with E-state index < -0.39 is 0 Å². The van der Waals surface area contributed by atoms with Crippen LogP contribution in [0.3, 0.4) is 0 Å². The normalized spacial score (nSPS) is 33.2. The van der Waals surface area contributed by atoms with Crippen LogP contribution in [0.5, 0.6) is 0 Å². The number of rotatable bonds is 2. The van der Waals surface area contributed by atoms with Crippen LogP contribution in [-0.2, 0) is 0 Å². The van der Waals surface area contributed by atoms with Crippen LogP contribution in [0.2, 0.25) is 5.02 Å². The van der Waals surface area contributed by atoms with Crippen molar-refractivity contribution in [1.29, 1.82) is 0 Å². The fourth-order valence-corrected chi connectivity index (χ4v) is 3.52. The summed E-state index contributed by atoms with van der Waals surface area (Å²) >= 11 is 5.92. The molecule has 3 saturated heterocycles. The van der Waals surface area contributed by atoms with Crippen LogP contribution < -0.4 is 5.32 Å². The molecule has 0 aromatic heterocycles. The van der Waals surface area contributed by atoms with Gasteiger partial charge in [0.15, 0.2) is 0 Å². The second-order valence-corrected chi connectivity index (χ2v) is 5.97. The smallest absolute Gasteiger partial charge is 0.252 e.